The lowest BCUT2D eigenvalue weighted by Gasteiger charge is -2.26. The fourth-order valence-corrected chi connectivity index (χ4v) is 1.54. The SMILES string of the molecule is CC(O)(c1nccs1)C(F)(F)C(=O)O. The van der Waals surface area contributed by atoms with E-state index in [9.17, 15) is 18.7 Å². The Hall–Kier alpha value is -1.08. The van der Waals surface area contributed by atoms with Gasteiger partial charge in [0.2, 0.25) is 0 Å². The molecule has 0 aliphatic carbocycles. The van der Waals surface area contributed by atoms with Gasteiger partial charge < -0.3 is 10.2 Å². The molecule has 14 heavy (non-hydrogen) atoms. The van der Waals surface area contributed by atoms with E-state index < -0.39 is 17.5 Å². The molecule has 7 heteroatoms. The number of rotatable bonds is 3. The second-order valence-corrected chi connectivity index (χ2v) is 3.68. The molecule has 1 atom stereocenters. The second-order valence-electron chi connectivity index (χ2n) is 2.79. The van der Waals surface area contributed by atoms with Crippen molar-refractivity contribution in [2.24, 2.45) is 0 Å². The number of hydrogen-bond acceptors (Lipinski definition) is 4. The van der Waals surface area contributed by atoms with E-state index in [1.807, 2.05) is 0 Å². The molecule has 1 aromatic rings. The van der Waals surface area contributed by atoms with Crippen LogP contribution < -0.4 is 0 Å². The van der Waals surface area contributed by atoms with Crippen LogP contribution in [0, 0.1) is 0 Å². The molecule has 0 amide bonds. The zero-order valence-corrected chi connectivity index (χ0v) is 7.89. The lowest BCUT2D eigenvalue weighted by atomic mass is 9.99. The number of carboxylic acids is 1. The fraction of sp³-hybridized carbons (Fsp3) is 0.429. The third-order valence-corrected chi connectivity index (χ3v) is 2.71. The molecule has 0 saturated carbocycles. The number of halogens is 2. The monoisotopic (exact) mass is 223 g/mol. The third-order valence-electron chi connectivity index (χ3n) is 1.73. The summed E-state index contributed by atoms with van der Waals surface area (Å²) >= 11 is 0.770. The number of carbonyl (C=O) groups is 1. The van der Waals surface area contributed by atoms with Gasteiger partial charge in [0, 0.05) is 11.6 Å². The summed E-state index contributed by atoms with van der Waals surface area (Å²) in [6, 6.07) is 0. The Bertz CT molecular complexity index is 337. The Morgan fingerprint density at radius 2 is 2.21 bits per heavy atom. The first-order valence-corrected chi connectivity index (χ1v) is 4.41. The van der Waals surface area contributed by atoms with Gasteiger partial charge in [-0.1, -0.05) is 0 Å². The van der Waals surface area contributed by atoms with Crippen LogP contribution in [0.3, 0.4) is 0 Å². The summed E-state index contributed by atoms with van der Waals surface area (Å²) in [5, 5.41) is 18.7. The zero-order chi connectivity index (χ0) is 11.0. The van der Waals surface area contributed by atoms with Crippen LogP contribution in [0.1, 0.15) is 11.9 Å². The van der Waals surface area contributed by atoms with Gasteiger partial charge in [-0.3, -0.25) is 0 Å². The first kappa shape index (κ1) is 11.0. The van der Waals surface area contributed by atoms with E-state index in [1.165, 1.54) is 11.6 Å². The van der Waals surface area contributed by atoms with Gasteiger partial charge in [0.05, 0.1) is 0 Å². The molecule has 1 rings (SSSR count). The number of alkyl halides is 2. The number of aromatic nitrogens is 1. The molecule has 1 aromatic heterocycles. The summed E-state index contributed by atoms with van der Waals surface area (Å²) in [5.41, 5.74) is -2.78. The van der Waals surface area contributed by atoms with Crippen molar-refractivity contribution in [2.75, 3.05) is 0 Å². The Morgan fingerprint density at radius 3 is 2.57 bits per heavy atom. The van der Waals surface area contributed by atoms with Crippen LogP contribution in [0.15, 0.2) is 11.6 Å². The van der Waals surface area contributed by atoms with Gasteiger partial charge in [-0.2, -0.15) is 8.78 Å². The average Bonchev–Trinajstić information content (AvgIpc) is 2.55. The lowest BCUT2D eigenvalue weighted by Crippen LogP contribution is -2.48. The molecule has 1 unspecified atom stereocenters. The van der Waals surface area contributed by atoms with Crippen LogP contribution in [0.4, 0.5) is 8.78 Å². The minimum Gasteiger partial charge on any atom is -0.477 e. The minimum atomic E-state index is -4.26. The number of nitrogens with zero attached hydrogens (tertiary/aromatic N) is 1. The van der Waals surface area contributed by atoms with Crippen LogP contribution in [0.25, 0.3) is 0 Å². The molecule has 0 bridgehead atoms. The molecule has 0 fully saturated rings. The van der Waals surface area contributed by atoms with Crippen molar-refractivity contribution >= 4 is 17.3 Å². The molecule has 1 heterocycles. The first-order valence-electron chi connectivity index (χ1n) is 3.53. The topological polar surface area (TPSA) is 70.4 Å². The van der Waals surface area contributed by atoms with Crippen LogP contribution in [-0.2, 0) is 10.4 Å². The summed E-state index contributed by atoms with van der Waals surface area (Å²) in [6.07, 6.45) is 1.21. The van der Waals surface area contributed by atoms with Gasteiger partial charge in [-0.25, -0.2) is 9.78 Å². The fourth-order valence-electron chi connectivity index (χ4n) is 0.806. The maximum absolute atomic E-state index is 13.0. The van der Waals surface area contributed by atoms with E-state index in [2.05, 4.69) is 4.98 Å². The maximum Gasteiger partial charge on any atom is 0.378 e. The van der Waals surface area contributed by atoms with Gasteiger partial charge in [0.15, 0.2) is 5.60 Å². The molecule has 0 saturated heterocycles. The second kappa shape index (κ2) is 3.25. The molecule has 0 spiro atoms. The van der Waals surface area contributed by atoms with Crippen molar-refractivity contribution < 1.29 is 23.8 Å². The van der Waals surface area contributed by atoms with E-state index >= 15 is 0 Å². The maximum atomic E-state index is 13.0. The van der Waals surface area contributed by atoms with E-state index in [1.54, 1.807) is 0 Å². The molecule has 0 aromatic carbocycles. The van der Waals surface area contributed by atoms with E-state index in [0.29, 0.717) is 0 Å². The van der Waals surface area contributed by atoms with Crippen molar-refractivity contribution in [3.8, 4) is 0 Å². The highest BCUT2D eigenvalue weighted by Crippen LogP contribution is 2.38. The lowest BCUT2D eigenvalue weighted by molar-refractivity contribution is -0.207. The number of aliphatic hydroxyl groups is 1. The molecule has 2 N–H and O–H groups in total. The van der Waals surface area contributed by atoms with Crippen LogP contribution >= 0.6 is 11.3 Å². The highest BCUT2D eigenvalue weighted by molar-refractivity contribution is 7.09. The standard InChI is InChI=1S/C7H7F2NO3S/c1-6(13,4-10-2-3-14-4)7(8,9)5(11)12/h2-3,13H,1H3,(H,11,12). The molecular formula is C7H7F2NO3S. The summed E-state index contributed by atoms with van der Waals surface area (Å²) in [6.45, 7) is 0.722. The van der Waals surface area contributed by atoms with Crippen LogP contribution in [0.5, 0.6) is 0 Å². The van der Waals surface area contributed by atoms with Crippen molar-refractivity contribution in [3.05, 3.63) is 16.6 Å². The Balaban J connectivity index is 3.13. The van der Waals surface area contributed by atoms with Crippen molar-refractivity contribution in [3.63, 3.8) is 0 Å². The smallest absolute Gasteiger partial charge is 0.378 e. The van der Waals surface area contributed by atoms with Gasteiger partial charge in [-0.05, 0) is 6.92 Å². The van der Waals surface area contributed by atoms with Gasteiger partial charge in [0.1, 0.15) is 5.01 Å². The van der Waals surface area contributed by atoms with E-state index in [0.717, 1.165) is 18.3 Å². The summed E-state index contributed by atoms with van der Waals surface area (Å²) in [4.78, 5) is 13.7. The van der Waals surface area contributed by atoms with Crippen molar-refractivity contribution in [1.29, 1.82) is 0 Å². The number of aliphatic carboxylic acids is 1. The highest BCUT2D eigenvalue weighted by atomic mass is 32.1. The minimum absolute atomic E-state index is 0.329. The molecule has 0 aliphatic rings. The Labute approximate surface area is 81.8 Å². The zero-order valence-electron chi connectivity index (χ0n) is 7.07. The molecule has 0 radical (unpaired) electrons. The van der Waals surface area contributed by atoms with Gasteiger partial charge >= 0.3 is 11.9 Å². The van der Waals surface area contributed by atoms with Gasteiger partial charge in [-0.15, -0.1) is 11.3 Å². The number of thiazole rings is 1. The summed E-state index contributed by atoms with van der Waals surface area (Å²) < 4.78 is 26.0. The summed E-state index contributed by atoms with van der Waals surface area (Å²) in [5.74, 6) is -6.64. The molecule has 78 valence electrons. The average molecular weight is 223 g/mol. The van der Waals surface area contributed by atoms with Crippen molar-refractivity contribution in [1.82, 2.24) is 4.98 Å². The molecular weight excluding hydrogens is 216 g/mol. The third kappa shape index (κ3) is 1.48. The predicted octanol–water partition coefficient (Wildman–Crippen LogP) is 1.07. The van der Waals surface area contributed by atoms with Crippen molar-refractivity contribution in [2.45, 2.75) is 18.4 Å². The quantitative estimate of drug-likeness (QED) is 0.804. The van der Waals surface area contributed by atoms with E-state index in [4.69, 9.17) is 5.11 Å². The molecule has 4 nitrogen and oxygen atoms in total. The Morgan fingerprint density at radius 1 is 1.64 bits per heavy atom. The normalized spacial score (nSPS) is 16.3. The highest BCUT2D eigenvalue weighted by Gasteiger charge is 2.58. The number of hydrogen-bond donors (Lipinski definition) is 2. The summed E-state index contributed by atoms with van der Waals surface area (Å²) in [7, 11) is 0. The van der Waals surface area contributed by atoms with Crippen LogP contribution in [0.2, 0.25) is 0 Å². The Kier molecular flexibility index (Phi) is 2.55. The molecule has 0 aliphatic heterocycles. The van der Waals surface area contributed by atoms with E-state index in [-0.39, 0.29) is 5.01 Å². The van der Waals surface area contributed by atoms with Gasteiger partial charge in [0.25, 0.3) is 0 Å². The number of carboxylic acid groups (broad SMARTS) is 1. The first-order chi connectivity index (χ1) is 6.30. The largest absolute Gasteiger partial charge is 0.477 e. The van der Waals surface area contributed by atoms with Crippen LogP contribution in [-0.4, -0.2) is 27.1 Å². The predicted molar refractivity (Wildman–Crippen MR) is 44.3 cm³/mol.